The summed E-state index contributed by atoms with van der Waals surface area (Å²) < 4.78 is 5.72. The lowest BCUT2D eigenvalue weighted by atomic mass is 9.86. The molecule has 1 aromatic heterocycles. The van der Waals surface area contributed by atoms with Crippen LogP contribution in [-0.2, 0) is 20.9 Å². The Kier molecular flexibility index (Phi) is 8.61. The number of aliphatic imine (C=N–C) groups is 1. The molecule has 3 unspecified atom stereocenters. The molecule has 0 spiro atoms. The number of aromatic nitrogens is 1. The van der Waals surface area contributed by atoms with Gasteiger partial charge in [0.1, 0.15) is 24.0 Å². The van der Waals surface area contributed by atoms with Gasteiger partial charge in [0, 0.05) is 26.2 Å². The molecule has 0 bridgehead atoms. The Morgan fingerprint density at radius 2 is 2.08 bits per heavy atom. The van der Waals surface area contributed by atoms with Crippen molar-refractivity contribution in [2.75, 3.05) is 26.2 Å². The van der Waals surface area contributed by atoms with Crippen LogP contribution >= 0.6 is 11.3 Å². The van der Waals surface area contributed by atoms with Crippen molar-refractivity contribution in [3.63, 3.8) is 0 Å². The van der Waals surface area contributed by atoms with Crippen LogP contribution in [-0.4, -0.2) is 72.0 Å². The Morgan fingerprint density at radius 3 is 2.70 bits per heavy atom. The molecule has 1 aromatic carbocycles. The molecule has 3 atom stereocenters. The number of thiazole rings is 1. The molecule has 2 fully saturated rings. The van der Waals surface area contributed by atoms with Crippen LogP contribution in [0, 0.1) is 12.3 Å². The van der Waals surface area contributed by atoms with E-state index in [4.69, 9.17) is 10.5 Å². The molecule has 2 aromatic rings. The summed E-state index contributed by atoms with van der Waals surface area (Å²) in [6.45, 7) is 10.7. The monoisotopic (exact) mass is 526 g/mol. The Morgan fingerprint density at radius 1 is 1.32 bits per heavy atom. The van der Waals surface area contributed by atoms with Gasteiger partial charge in [-0.1, -0.05) is 45.0 Å². The lowest BCUT2D eigenvalue weighted by Gasteiger charge is -2.33. The number of amidine groups is 1. The van der Waals surface area contributed by atoms with Gasteiger partial charge >= 0.3 is 0 Å². The largest absolute Gasteiger partial charge is 0.385 e. The molecule has 9 nitrogen and oxygen atoms in total. The van der Waals surface area contributed by atoms with E-state index in [2.05, 4.69) is 32.7 Å². The number of rotatable bonds is 7. The van der Waals surface area contributed by atoms with Crippen LogP contribution < -0.4 is 16.4 Å². The van der Waals surface area contributed by atoms with Gasteiger partial charge in [-0.25, -0.2) is 4.98 Å². The van der Waals surface area contributed by atoms with Crippen LogP contribution in [0.1, 0.15) is 44.9 Å². The molecule has 200 valence electrons. The molecule has 2 saturated heterocycles. The maximum absolute atomic E-state index is 13.7. The fraction of sp³-hybridized carbons (Fsp3) is 0.556. The molecule has 2 amide bonds. The van der Waals surface area contributed by atoms with E-state index in [1.54, 1.807) is 16.2 Å². The number of morpholine rings is 1. The Labute approximate surface area is 222 Å². The first kappa shape index (κ1) is 27.2. The van der Waals surface area contributed by atoms with Crippen molar-refractivity contribution in [2.24, 2.45) is 16.1 Å². The zero-order chi connectivity index (χ0) is 26.6. The third-order valence-corrected chi connectivity index (χ3v) is 7.83. The number of amides is 2. The Hall–Kier alpha value is -2.82. The van der Waals surface area contributed by atoms with Crippen molar-refractivity contribution >= 4 is 29.0 Å². The number of hydrogen-bond donors (Lipinski definition) is 3. The van der Waals surface area contributed by atoms with E-state index < -0.39 is 17.5 Å². The van der Waals surface area contributed by atoms with E-state index in [9.17, 15) is 9.59 Å². The summed E-state index contributed by atoms with van der Waals surface area (Å²) in [7, 11) is 0. The predicted octanol–water partition coefficient (Wildman–Crippen LogP) is 2.49. The van der Waals surface area contributed by atoms with Gasteiger partial charge in [0.25, 0.3) is 0 Å². The zero-order valence-corrected chi connectivity index (χ0v) is 22.9. The van der Waals surface area contributed by atoms with Gasteiger partial charge in [0.2, 0.25) is 11.8 Å². The highest BCUT2D eigenvalue weighted by atomic mass is 32.1. The molecule has 0 saturated carbocycles. The van der Waals surface area contributed by atoms with Crippen LogP contribution in [0.5, 0.6) is 0 Å². The molecule has 10 heteroatoms. The number of carbonyl (C=O) groups is 2. The maximum atomic E-state index is 13.7. The number of benzene rings is 1. The number of likely N-dealkylation sites (tertiary alicyclic amines) is 1. The zero-order valence-electron chi connectivity index (χ0n) is 22.1. The van der Waals surface area contributed by atoms with Crippen LogP contribution in [0.4, 0.5) is 0 Å². The first-order valence-corrected chi connectivity index (χ1v) is 13.8. The summed E-state index contributed by atoms with van der Waals surface area (Å²) >= 11 is 1.62. The number of ether oxygens (including phenoxy) is 1. The molecule has 3 heterocycles. The van der Waals surface area contributed by atoms with Crippen LogP contribution in [0.3, 0.4) is 0 Å². The summed E-state index contributed by atoms with van der Waals surface area (Å²) in [4.78, 5) is 38.7. The number of aryl methyl sites for hydroxylation is 1. The third kappa shape index (κ3) is 6.55. The van der Waals surface area contributed by atoms with Gasteiger partial charge in [0.15, 0.2) is 0 Å². The number of nitrogens with zero attached hydrogens (tertiary/aromatic N) is 3. The van der Waals surface area contributed by atoms with Gasteiger partial charge in [-0.05, 0) is 36.3 Å². The van der Waals surface area contributed by atoms with Crippen LogP contribution in [0.25, 0.3) is 10.4 Å². The highest BCUT2D eigenvalue weighted by Crippen LogP contribution is 2.29. The minimum Gasteiger partial charge on any atom is -0.385 e. The van der Waals surface area contributed by atoms with Crippen molar-refractivity contribution in [2.45, 2.75) is 65.3 Å². The predicted molar refractivity (Wildman–Crippen MR) is 146 cm³/mol. The molecule has 0 aliphatic carbocycles. The van der Waals surface area contributed by atoms with Gasteiger partial charge in [-0.3, -0.25) is 14.6 Å². The minimum absolute atomic E-state index is 0.141. The van der Waals surface area contributed by atoms with Crippen molar-refractivity contribution in [1.82, 2.24) is 20.5 Å². The van der Waals surface area contributed by atoms with Crippen LogP contribution in [0.2, 0.25) is 0 Å². The standard InChI is InChI=1S/C27H38N6O3S/c1-17-22(37-16-31-17)19-9-7-18(8-10-19)14-30-25(34)20-6-5-12-33(20)26(35)23(27(2,3)4)32-24(28)21-15-29-11-13-36-21/h7-10,16,20-21,23,29H,5-6,11-15H2,1-4H3,(H2,28,32)(H,30,34). The molecule has 37 heavy (non-hydrogen) atoms. The van der Waals surface area contributed by atoms with E-state index in [1.807, 2.05) is 45.3 Å². The van der Waals surface area contributed by atoms with Gasteiger partial charge < -0.3 is 26.0 Å². The average molecular weight is 527 g/mol. The lowest BCUT2D eigenvalue weighted by Crippen LogP contribution is -2.52. The van der Waals surface area contributed by atoms with Crippen molar-refractivity contribution in [1.29, 1.82) is 0 Å². The second kappa shape index (κ2) is 11.7. The third-order valence-electron chi connectivity index (χ3n) is 6.86. The quantitative estimate of drug-likeness (QED) is 0.376. The van der Waals surface area contributed by atoms with Gasteiger partial charge in [-0.2, -0.15) is 0 Å². The van der Waals surface area contributed by atoms with Gasteiger partial charge in [0.05, 0.1) is 22.7 Å². The average Bonchev–Trinajstić information content (AvgIpc) is 3.55. The summed E-state index contributed by atoms with van der Waals surface area (Å²) in [6, 6.07) is 6.92. The number of carbonyl (C=O) groups excluding carboxylic acids is 2. The first-order chi connectivity index (χ1) is 17.6. The number of hydrogen-bond acceptors (Lipinski definition) is 7. The van der Waals surface area contributed by atoms with Gasteiger partial charge in [-0.15, -0.1) is 11.3 Å². The summed E-state index contributed by atoms with van der Waals surface area (Å²) in [5.41, 5.74) is 10.8. The van der Waals surface area contributed by atoms with Crippen molar-refractivity contribution in [3.8, 4) is 10.4 Å². The Bertz CT molecular complexity index is 1120. The molecular formula is C27H38N6O3S. The fourth-order valence-corrected chi connectivity index (χ4v) is 5.54. The summed E-state index contributed by atoms with van der Waals surface area (Å²) in [6.07, 6.45) is 1.06. The SMILES string of the molecule is Cc1ncsc1-c1ccc(CNC(=O)C2CCCN2C(=O)C(N=C(N)C2CNCCO2)C(C)(C)C)cc1. The van der Waals surface area contributed by atoms with E-state index >= 15 is 0 Å². The lowest BCUT2D eigenvalue weighted by molar-refractivity contribution is -0.141. The topological polar surface area (TPSA) is 122 Å². The Balaban J connectivity index is 1.41. The molecule has 0 radical (unpaired) electrons. The van der Waals surface area contributed by atoms with Crippen molar-refractivity contribution in [3.05, 3.63) is 41.0 Å². The first-order valence-electron chi connectivity index (χ1n) is 12.9. The molecule has 4 N–H and O–H groups in total. The highest BCUT2D eigenvalue weighted by Gasteiger charge is 2.41. The van der Waals surface area contributed by atoms with E-state index in [1.165, 1.54) is 0 Å². The van der Waals surface area contributed by atoms with Crippen molar-refractivity contribution < 1.29 is 14.3 Å². The molecular weight excluding hydrogens is 488 g/mol. The summed E-state index contributed by atoms with van der Waals surface area (Å²) in [5, 5.41) is 6.27. The number of nitrogens with two attached hydrogens (primary N) is 1. The van der Waals surface area contributed by atoms with E-state index in [-0.39, 0.29) is 17.9 Å². The van der Waals surface area contributed by atoms with E-state index in [0.29, 0.717) is 38.5 Å². The molecule has 2 aliphatic rings. The smallest absolute Gasteiger partial charge is 0.248 e. The highest BCUT2D eigenvalue weighted by molar-refractivity contribution is 7.13. The second-order valence-electron chi connectivity index (χ2n) is 10.8. The minimum atomic E-state index is -0.700. The summed E-state index contributed by atoms with van der Waals surface area (Å²) in [5.74, 6) is 0.0106. The van der Waals surface area contributed by atoms with Crippen LogP contribution in [0.15, 0.2) is 34.8 Å². The molecule has 4 rings (SSSR count). The second-order valence-corrected chi connectivity index (χ2v) is 11.6. The number of nitrogens with one attached hydrogen (secondary N) is 2. The molecule has 2 aliphatic heterocycles. The fourth-order valence-electron chi connectivity index (χ4n) is 4.73. The normalized spacial score (nSPS) is 21.6. The maximum Gasteiger partial charge on any atom is 0.248 e. The van der Waals surface area contributed by atoms with E-state index in [0.717, 1.165) is 34.7 Å².